The van der Waals surface area contributed by atoms with E-state index in [1.54, 1.807) is 6.92 Å². The van der Waals surface area contributed by atoms with Gasteiger partial charge in [-0.1, -0.05) is 12.1 Å². The van der Waals surface area contributed by atoms with Crippen LogP contribution in [0.2, 0.25) is 0 Å². The minimum Gasteiger partial charge on any atom is -0.481 e. The molecule has 0 fully saturated rings. The van der Waals surface area contributed by atoms with Crippen LogP contribution in [0.1, 0.15) is 18.1 Å². The van der Waals surface area contributed by atoms with E-state index in [4.69, 9.17) is 9.84 Å². The van der Waals surface area contributed by atoms with Crippen molar-refractivity contribution in [2.24, 2.45) is 0 Å². The van der Waals surface area contributed by atoms with Gasteiger partial charge in [-0.15, -0.1) is 0 Å². The van der Waals surface area contributed by atoms with Crippen molar-refractivity contribution in [3.8, 4) is 0 Å². The molecule has 7 nitrogen and oxygen atoms in total. The molecule has 1 aromatic carbocycles. The van der Waals surface area contributed by atoms with Crippen LogP contribution < -0.4 is 0 Å². The Morgan fingerprint density at radius 2 is 2.05 bits per heavy atom. The molecule has 7 heteroatoms. The predicted molar refractivity (Wildman–Crippen MR) is 64.8 cm³/mol. The lowest BCUT2D eigenvalue weighted by Crippen LogP contribution is -2.10. The summed E-state index contributed by atoms with van der Waals surface area (Å²) < 4.78 is 4.72. The lowest BCUT2D eigenvalue weighted by molar-refractivity contribution is -0.385. The normalized spacial score (nSPS) is 9.95. The van der Waals surface area contributed by atoms with E-state index in [0.717, 1.165) is 0 Å². The molecule has 0 aliphatic rings. The van der Waals surface area contributed by atoms with Gasteiger partial charge in [0, 0.05) is 11.6 Å². The number of carbonyl (C=O) groups is 2. The summed E-state index contributed by atoms with van der Waals surface area (Å²) in [5, 5.41) is 19.5. The van der Waals surface area contributed by atoms with Gasteiger partial charge in [0.2, 0.25) is 0 Å². The van der Waals surface area contributed by atoms with Gasteiger partial charge in [-0.05, 0) is 12.5 Å². The van der Waals surface area contributed by atoms with Crippen molar-refractivity contribution < 1.29 is 24.4 Å². The molecule has 0 bridgehead atoms. The van der Waals surface area contributed by atoms with Crippen LogP contribution in [0.15, 0.2) is 18.2 Å². The number of nitro benzene ring substituents is 1. The van der Waals surface area contributed by atoms with Crippen LogP contribution in [-0.4, -0.2) is 28.6 Å². The summed E-state index contributed by atoms with van der Waals surface area (Å²) >= 11 is 0. The predicted octanol–water partition coefficient (Wildman–Crippen LogP) is 1.33. The molecule has 102 valence electrons. The quantitative estimate of drug-likeness (QED) is 0.473. The molecule has 0 aliphatic carbocycles. The third kappa shape index (κ3) is 4.38. The fourth-order valence-electron chi connectivity index (χ4n) is 1.58. The van der Waals surface area contributed by atoms with Crippen LogP contribution in [0.25, 0.3) is 0 Å². The van der Waals surface area contributed by atoms with Crippen LogP contribution in [0, 0.1) is 10.1 Å². The molecule has 0 radical (unpaired) electrons. The molecule has 0 heterocycles. The second-order valence-corrected chi connectivity index (χ2v) is 3.77. The monoisotopic (exact) mass is 267 g/mol. The Kier molecular flexibility index (Phi) is 4.99. The highest BCUT2D eigenvalue weighted by atomic mass is 16.6. The molecule has 0 unspecified atom stereocenters. The van der Waals surface area contributed by atoms with Crippen molar-refractivity contribution in [3.63, 3.8) is 0 Å². The van der Waals surface area contributed by atoms with Crippen LogP contribution in [-0.2, 0) is 27.2 Å². The minimum absolute atomic E-state index is 0.198. The van der Waals surface area contributed by atoms with E-state index in [1.165, 1.54) is 18.2 Å². The smallest absolute Gasteiger partial charge is 0.310 e. The van der Waals surface area contributed by atoms with E-state index in [9.17, 15) is 19.7 Å². The first-order valence-corrected chi connectivity index (χ1v) is 5.57. The number of carbonyl (C=O) groups excluding carboxylic acids is 1. The molecular formula is C12H13NO6. The number of carboxylic acids is 1. The summed E-state index contributed by atoms with van der Waals surface area (Å²) in [6.45, 7) is 1.84. The van der Waals surface area contributed by atoms with Gasteiger partial charge in [0.1, 0.15) is 0 Å². The number of ether oxygens (including phenoxy) is 1. The maximum Gasteiger partial charge on any atom is 0.310 e. The van der Waals surface area contributed by atoms with E-state index in [2.05, 4.69) is 0 Å². The van der Waals surface area contributed by atoms with Crippen LogP contribution in [0.5, 0.6) is 0 Å². The summed E-state index contributed by atoms with van der Waals surface area (Å²) in [6, 6.07) is 4.01. The average molecular weight is 267 g/mol. The maximum absolute atomic E-state index is 11.3. The number of hydrogen-bond acceptors (Lipinski definition) is 5. The Morgan fingerprint density at radius 3 is 2.58 bits per heavy atom. The second-order valence-electron chi connectivity index (χ2n) is 3.77. The number of nitro groups is 1. The molecule has 0 aromatic heterocycles. The standard InChI is InChI=1S/C12H13NO6/c1-2-19-12(16)7-9-4-3-8(6-11(14)15)5-10(9)13(17)18/h3-5H,2,6-7H2,1H3,(H,14,15). The van der Waals surface area contributed by atoms with Gasteiger partial charge in [0.15, 0.2) is 0 Å². The van der Waals surface area contributed by atoms with E-state index in [1.807, 2.05) is 0 Å². The van der Waals surface area contributed by atoms with Gasteiger partial charge in [-0.2, -0.15) is 0 Å². The molecule has 1 rings (SSSR count). The summed E-state index contributed by atoms with van der Waals surface area (Å²) in [7, 11) is 0. The summed E-state index contributed by atoms with van der Waals surface area (Å²) in [5.41, 5.74) is 0.246. The summed E-state index contributed by atoms with van der Waals surface area (Å²) in [6.07, 6.45) is -0.516. The molecule has 0 atom stereocenters. The number of benzene rings is 1. The Hall–Kier alpha value is -2.44. The number of aliphatic carboxylic acids is 1. The van der Waals surface area contributed by atoms with Gasteiger partial charge in [-0.3, -0.25) is 19.7 Å². The first-order valence-electron chi connectivity index (χ1n) is 5.57. The Morgan fingerprint density at radius 1 is 1.37 bits per heavy atom. The van der Waals surface area contributed by atoms with Crippen molar-refractivity contribution >= 4 is 17.6 Å². The number of esters is 1. The number of carboxylic acid groups (broad SMARTS) is 1. The van der Waals surface area contributed by atoms with Gasteiger partial charge in [-0.25, -0.2) is 0 Å². The Bertz CT molecular complexity index is 511. The van der Waals surface area contributed by atoms with E-state index in [-0.39, 0.29) is 30.7 Å². The minimum atomic E-state index is -1.08. The number of nitrogens with zero attached hydrogens (tertiary/aromatic N) is 1. The fraction of sp³-hybridized carbons (Fsp3) is 0.333. The van der Waals surface area contributed by atoms with Gasteiger partial charge >= 0.3 is 11.9 Å². The van der Waals surface area contributed by atoms with Crippen LogP contribution in [0.4, 0.5) is 5.69 Å². The zero-order chi connectivity index (χ0) is 14.4. The molecule has 0 saturated carbocycles. The summed E-state index contributed by atoms with van der Waals surface area (Å²) in [5.74, 6) is -1.64. The number of hydrogen-bond donors (Lipinski definition) is 1. The SMILES string of the molecule is CCOC(=O)Cc1ccc(CC(=O)O)cc1[N+](=O)[O-]. The van der Waals surface area contributed by atoms with E-state index >= 15 is 0 Å². The van der Waals surface area contributed by atoms with Crippen molar-refractivity contribution in [1.82, 2.24) is 0 Å². The summed E-state index contributed by atoms with van der Waals surface area (Å²) in [4.78, 5) is 32.1. The molecule has 0 amide bonds. The van der Waals surface area contributed by atoms with E-state index < -0.39 is 16.9 Å². The topological polar surface area (TPSA) is 107 Å². The Balaban J connectivity index is 3.01. The third-order valence-corrected chi connectivity index (χ3v) is 2.34. The van der Waals surface area contributed by atoms with Crippen molar-refractivity contribution in [2.75, 3.05) is 6.61 Å². The third-order valence-electron chi connectivity index (χ3n) is 2.34. The fourth-order valence-corrected chi connectivity index (χ4v) is 1.58. The van der Waals surface area contributed by atoms with Gasteiger partial charge in [0.05, 0.1) is 24.4 Å². The highest BCUT2D eigenvalue weighted by molar-refractivity contribution is 5.75. The van der Waals surface area contributed by atoms with Gasteiger partial charge < -0.3 is 9.84 Å². The molecule has 0 saturated heterocycles. The first kappa shape index (κ1) is 14.6. The highest BCUT2D eigenvalue weighted by Gasteiger charge is 2.18. The lowest BCUT2D eigenvalue weighted by Gasteiger charge is -2.05. The van der Waals surface area contributed by atoms with Crippen molar-refractivity contribution in [3.05, 3.63) is 39.4 Å². The average Bonchev–Trinajstić information content (AvgIpc) is 2.30. The molecule has 1 aromatic rings. The molecule has 0 aliphatic heterocycles. The van der Waals surface area contributed by atoms with Gasteiger partial charge in [0.25, 0.3) is 5.69 Å². The molecule has 19 heavy (non-hydrogen) atoms. The van der Waals surface area contributed by atoms with Crippen molar-refractivity contribution in [1.29, 1.82) is 0 Å². The molecule has 0 spiro atoms. The second kappa shape index (κ2) is 6.48. The van der Waals surface area contributed by atoms with Crippen LogP contribution >= 0.6 is 0 Å². The van der Waals surface area contributed by atoms with Crippen LogP contribution in [0.3, 0.4) is 0 Å². The Labute approximate surface area is 109 Å². The highest BCUT2D eigenvalue weighted by Crippen LogP contribution is 2.21. The number of rotatable bonds is 6. The van der Waals surface area contributed by atoms with E-state index in [0.29, 0.717) is 5.56 Å². The van der Waals surface area contributed by atoms with Crippen molar-refractivity contribution in [2.45, 2.75) is 19.8 Å². The lowest BCUT2D eigenvalue weighted by atomic mass is 10.0. The maximum atomic E-state index is 11.3. The molecular weight excluding hydrogens is 254 g/mol. The zero-order valence-corrected chi connectivity index (χ0v) is 10.3. The first-order chi connectivity index (χ1) is 8.93. The largest absolute Gasteiger partial charge is 0.481 e. The zero-order valence-electron chi connectivity index (χ0n) is 10.3. The molecule has 1 N–H and O–H groups in total.